The number of methoxy groups -OCH3 is 3. The van der Waals surface area contributed by atoms with E-state index < -0.39 is 5.92 Å². The molecule has 0 amide bonds. The summed E-state index contributed by atoms with van der Waals surface area (Å²) in [6.07, 6.45) is 1.94. The van der Waals surface area contributed by atoms with Gasteiger partial charge in [0.15, 0.2) is 22.4 Å². The summed E-state index contributed by atoms with van der Waals surface area (Å²) in [5.41, 5.74) is 2.30. The number of aromatic nitrogens is 2. The minimum absolute atomic E-state index is 0.0320. The molecule has 2 aliphatic rings. The number of benzene rings is 1. The van der Waals surface area contributed by atoms with Gasteiger partial charge in [0.25, 0.3) is 5.56 Å². The molecule has 9 heteroatoms. The Hall–Kier alpha value is -2.94. The molecule has 1 aromatic heterocycles. The minimum atomic E-state index is -0.579. The van der Waals surface area contributed by atoms with Crippen LogP contribution in [0.15, 0.2) is 33.4 Å². The highest BCUT2D eigenvalue weighted by atomic mass is 32.2. The topological polar surface area (TPSA) is 103 Å². The number of rotatable bonds is 6. The van der Waals surface area contributed by atoms with Gasteiger partial charge in [-0.15, -0.1) is 0 Å². The molecule has 0 saturated carbocycles. The van der Waals surface area contributed by atoms with E-state index in [4.69, 9.17) is 14.2 Å². The summed E-state index contributed by atoms with van der Waals surface area (Å²) in [5.74, 6) is 2.11. The van der Waals surface area contributed by atoms with Crippen molar-refractivity contribution in [2.45, 2.75) is 37.3 Å². The van der Waals surface area contributed by atoms with Crippen LogP contribution in [-0.2, 0) is 4.79 Å². The number of thioether (sulfide) groups is 1. The van der Waals surface area contributed by atoms with Gasteiger partial charge in [0.1, 0.15) is 5.82 Å². The number of nitrogens with zero attached hydrogens (tertiary/aromatic N) is 1. The summed E-state index contributed by atoms with van der Waals surface area (Å²) in [6, 6.07) is 3.59. The van der Waals surface area contributed by atoms with Gasteiger partial charge in [0.05, 0.1) is 26.9 Å². The molecule has 4 rings (SSSR count). The van der Waals surface area contributed by atoms with Crippen molar-refractivity contribution in [3.8, 4) is 17.2 Å². The largest absolute Gasteiger partial charge is 0.493 e. The standard InChI is InChI=1S/C22H25N3O5S/c1-5-31-22-24-20-18(21(27)25-22)16(17-12(23-20)7-6-8-13(17)26)11-9-14(28-2)19(30-4)15(10-11)29-3/h9-10,16H,5-8H2,1-4H3,(H2,23,24,25,27). The van der Waals surface area contributed by atoms with E-state index >= 15 is 0 Å². The molecule has 0 fully saturated rings. The van der Waals surface area contributed by atoms with E-state index in [2.05, 4.69) is 15.3 Å². The lowest BCUT2D eigenvalue weighted by Crippen LogP contribution is -2.32. The number of carbonyl (C=O) groups excluding carboxylic acids is 1. The number of ketones is 1. The molecule has 31 heavy (non-hydrogen) atoms. The van der Waals surface area contributed by atoms with E-state index in [0.29, 0.717) is 51.3 Å². The molecule has 1 unspecified atom stereocenters. The number of anilines is 1. The number of carbonyl (C=O) groups is 1. The summed E-state index contributed by atoms with van der Waals surface area (Å²) in [5, 5.41) is 3.83. The van der Waals surface area contributed by atoms with E-state index in [1.165, 1.54) is 33.1 Å². The van der Waals surface area contributed by atoms with Crippen molar-refractivity contribution in [3.63, 3.8) is 0 Å². The zero-order valence-corrected chi connectivity index (χ0v) is 18.8. The van der Waals surface area contributed by atoms with Gasteiger partial charge < -0.3 is 24.5 Å². The van der Waals surface area contributed by atoms with Crippen molar-refractivity contribution in [2.75, 3.05) is 32.4 Å². The molecule has 2 heterocycles. The molecule has 2 aromatic rings. The third kappa shape index (κ3) is 3.67. The van der Waals surface area contributed by atoms with Crippen LogP contribution < -0.4 is 25.1 Å². The number of nitrogens with one attached hydrogen (secondary N) is 2. The maximum absolute atomic E-state index is 13.2. The minimum Gasteiger partial charge on any atom is -0.493 e. The van der Waals surface area contributed by atoms with Crippen molar-refractivity contribution < 1.29 is 19.0 Å². The predicted octanol–water partition coefficient (Wildman–Crippen LogP) is 3.47. The fraction of sp³-hybridized carbons (Fsp3) is 0.409. The Morgan fingerprint density at radius 2 is 1.81 bits per heavy atom. The molecule has 1 atom stereocenters. The Labute approximate surface area is 184 Å². The fourth-order valence-corrected chi connectivity index (χ4v) is 4.84. The number of hydrogen-bond donors (Lipinski definition) is 2. The predicted molar refractivity (Wildman–Crippen MR) is 119 cm³/mol. The fourth-order valence-electron chi connectivity index (χ4n) is 4.25. The maximum Gasteiger partial charge on any atom is 0.257 e. The summed E-state index contributed by atoms with van der Waals surface area (Å²) < 4.78 is 16.5. The van der Waals surface area contributed by atoms with E-state index in [9.17, 15) is 9.59 Å². The van der Waals surface area contributed by atoms with Gasteiger partial charge in [-0.2, -0.15) is 0 Å². The second-order valence-electron chi connectivity index (χ2n) is 7.25. The number of ether oxygens (including phenoxy) is 3. The summed E-state index contributed by atoms with van der Waals surface area (Å²) in [4.78, 5) is 33.7. The number of allylic oxidation sites excluding steroid dienone is 2. The van der Waals surface area contributed by atoms with E-state index in [0.717, 1.165) is 24.3 Å². The van der Waals surface area contributed by atoms with Crippen LogP contribution in [-0.4, -0.2) is 42.8 Å². The molecule has 0 spiro atoms. The molecule has 0 bridgehead atoms. The number of H-pyrrole nitrogens is 1. The zero-order valence-electron chi connectivity index (χ0n) is 18.0. The lowest BCUT2D eigenvalue weighted by Gasteiger charge is -2.33. The molecule has 1 aliphatic carbocycles. The Balaban J connectivity index is 1.99. The van der Waals surface area contributed by atoms with Crippen LogP contribution in [0.4, 0.5) is 5.82 Å². The van der Waals surface area contributed by atoms with Gasteiger partial charge in [-0.05, 0) is 36.3 Å². The van der Waals surface area contributed by atoms with E-state index in [1.807, 2.05) is 6.92 Å². The van der Waals surface area contributed by atoms with Crippen LogP contribution in [0.5, 0.6) is 17.2 Å². The number of aromatic amines is 1. The van der Waals surface area contributed by atoms with Gasteiger partial charge in [-0.1, -0.05) is 18.7 Å². The molecule has 164 valence electrons. The van der Waals surface area contributed by atoms with Gasteiger partial charge in [0.2, 0.25) is 5.75 Å². The van der Waals surface area contributed by atoms with Crippen molar-refractivity contribution in [1.82, 2.24) is 9.97 Å². The lowest BCUT2D eigenvalue weighted by atomic mass is 9.76. The second-order valence-corrected chi connectivity index (χ2v) is 8.50. The van der Waals surface area contributed by atoms with Crippen LogP contribution in [0.1, 0.15) is 43.2 Å². The van der Waals surface area contributed by atoms with Gasteiger partial charge in [0, 0.05) is 23.6 Å². The first-order valence-corrected chi connectivity index (χ1v) is 11.1. The average Bonchev–Trinajstić information content (AvgIpc) is 2.77. The second kappa shape index (κ2) is 8.66. The summed E-state index contributed by atoms with van der Waals surface area (Å²) in [7, 11) is 4.61. The molecule has 2 N–H and O–H groups in total. The quantitative estimate of drug-likeness (QED) is 0.517. The third-order valence-corrected chi connectivity index (χ3v) is 6.29. The number of hydrogen-bond acceptors (Lipinski definition) is 8. The monoisotopic (exact) mass is 443 g/mol. The van der Waals surface area contributed by atoms with Gasteiger partial charge in [-0.25, -0.2) is 4.98 Å². The first kappa shape index (κ1) is 21.3. The molecular formula is C22H25N3O5S. The van der Waals surface area contributed by atoms with Crippen molar-refractivity contribution >= 4 is 23.4 Å². The third-order valence-electron chi connectivity index (χ3n) is 5.54. The number of Topliss-reactive ketones (excluding diaryl/α,β-unsaturated/α-hetero) is 1. The van der Waals surface area contributed by atoms with Gasteiger partial charge in [-0.3, -0.25) is 9.59 Å². The van der Waals surface area contributed by atoms with E-state index in [1.54, 1.807) is 12.1 Å². The number of fused-ring (bicyclic) bond motifs is 1. The highest BCUT2D eigenvalue weighted by Gasteiger charge is 2.38. The Morgan fingerprint density at radius 3 is 2.42 bits per heavy atom. The Kier molecular flexibility index (Phi) is 5.95. The normalized spacial score (nSPS) is 17.5. The highest BCUT2D eigenvalue weighted by Crippen LogP contribution is 2.47. The Morgan fingerprint density at radius 1 is 1.10 bits per heavy atom. The molecule has 0 radical (unpaired) electrons. The zero-order chi connectivity index (χ0) is 22.1. The molecule has 1 aliphatic heterocycles. The van der Waals surface area contributed by atoms with Crippen LogP contribution in [0.3, 0.4) is 0 Å². The highest BCUT2D eigenvalue weighted by molar-refractivity contribution is 7.99. The van der Waals surface area contributed by atoms with Crippen LogP contribution in [0, 0.1) is 0 Å². The molecular weight excluding hydrogens is 418 g/mol. The molecule has 0 saturated heterocycles. The van der Waals surface area contributed by atoms with Crippen LogP contribution >= 0.6 is 11.8 Å². The molecule has 8 nitrogen and oxygen atoms in total. The smallest absolute Gasteiger partial charge is 0.257 e. The van der Waals surface area contributed by atoms with Crippen molar-refractivity contribution in [1.29, 1.82) is 0 Å². The van der Waals surface area contributed by atoms with Crippen molar-refractivity contribution in [2.24, 2.45) is 0 Å². The first-order valence-electron chi connectivity index (χ1n) is 10.1. The Bertz CT molecular complexity index is 1100. The first-order chi connectivity index (χ1) is 15.0. The summed E-state index contributed by atoms with van der Waals surface area (Å²) in [6.45, 7) is 2.00. The van der Waals surface area contributed by atoms with Crippen LogP contribution in [0.25, 0.3) is 0 Å². The van der Waals surface area contributed by atoms with E-state index in [-0.39, 0.29) is 11.3 Å². The maximum atomic E-state index is 13.2. The average molecular weight is 444 g/mol. The summed E-state index contributed by atoms with van der Waals surface area (Å²) >= 11 is 1.46. The van der Waals surface area contributed by atoms with Crippen LogP contribution in [0.2, 0.25) is 0 Å². The molecule has 1 aromatic carbocycles. The van der Waals surface area contributed by atoms with Crippen molar-refractivity contribution in [3.05, 3.63) is 44.9 Å². The SMILES string of the molecule is CCSc1nc2c(c(=O)[nH]1)C(c1cc(OC)c(OC)c(OC)c1)C1=C(CCCC1=O)N2. The lowest BCUT2D eigenvalue weighted by molar-refractivity contribution is -0.116. The van der Waals surface area contributed by atoms with Gasteiger partial charge >= 0.3 is 0 Å².